The lowest BCUT2D eigenvalue weighted by atomic mass is 9.86. The molecule has 111 heavy (non-hydrogen) atoms. The average molecular weight is 1590 g/mol. The van der Waals surface area contributed by atoms with Crippen molar-refractivity contribution in [2.24, 2.45) is 23.1 Å². The monoisotopic (exact) mass is 1590 g/mol. The second-order valence-corrected chi connectivity index (χ2v) is 30.1. The fourth-order valence-corrected chi connectivity index (χ4v) is 14.7. The van der Waals surface area contributed by atoms with Crippen molar-refractivity contribution in [3.8, 4) is 57.1 Å². The van der Waals surface area contributed by atoms with Gasteiger partial charge in [-0.3, -0.25) is 33.6 Å². The highest BCUT2D eigenvalue weighted by Crippen LogP contribution is 2.50. The van der Waals surface area contributed by atoms with Gasteiger partial charge in [0.05, 0.1) is 53.5 Å². The summed E-state index contributed by atoms with van der Waals surface area (Å²) in [6.07, 6.45) is -22.8. The number of carboxylic acids is 1. The number of phenols is 3. The molecule has 8 heterocycles. The maximum absolute atomic E-state index is 16.4. The van der Waals surface area contributed by atoms with Gasteiger partial charge in [-0.25, -0.2) is 4.79 Å². The highest BCUT2D eigenvalue weighted by atomic mass is 35.5. The predicted molar refractivity (Wildman–Crippen MR) is 386 cm³/mol. The molecule has 5 aromatic carbocycles. The summed E-state index contributed by atoms with van der Waals surface area (Å²) in [6, 6.07) is -0.452. The summed E-state index contributed by atoms with van der Waals surface area (Å²) >= 11 is 14.5. The second-order valence-electron chi connectivity index (χ2n) is 29.3. The molecule has 0 aliphatic carbocycles. The Kier molecular flexibility index (Phi) is 24.7. The van der Waals surface area contributed by atoms with Crippen LogP contribution >= 0.6 is 23.2 Å². The molecule has 23 N–H and O–H groups in total. The van der Waals surface area contributed by atoms with E-state index < -0.39 is 261 Å². The number of phenolic OH excluding ortho intramolecular Hbond substituents is 3. The van der Waals surface area contributed by atoms with Crippen LogP contribution in [0.25, 0.3) is 11.1 Å². The number of amides is 7. The van der Waals surface area contributed by atoms with E-state index in [1.54, 1.807) is 0 Å². The van der Waals surface area contributed by atoms with E-state index in [0.717, 1.165) is 48.5 Å². The Bertz CT molecular complexity index is 4420. The molecule has 0 spiro atoms. The van der Waals surface area contributed by atoms with E-state index in [1.807, 2.05) is 13.8 Å². The first kappa shape index (κ1) is 82.6. The van der Waals surface area contributed by atoms with E-state index in [-0.39, 0.29) is 52.6 Å². The number of aliphatic hydroxyl groups is 6. The third kappa shape index (κ3) is 17.7. The third-order valence-electron chi connectivity index (χ3n) is 20.1. The first-order valence-corrected chi connectivity index (χ1v) is 36.1. The van der Waals surface area contributed by atoms with E-state index >= 15 is 19.2 Å². The van der Waals surface area contributed by atoms with Crippen LogP contribution in [0.1, 0.15) is 125 Å². The Hall–Kier alpha value is -9.32. The van der Waals surface area contributed by atoms with E-state index in [2.05, 4.69) is 37.2 Å². The number of fused-ring (bicyclic) bond motifs is 15. The van der Waals surface area contributed by atoms with Crippen LogP contribution in [-0.4, -0.2) is 215 Å². The number of nitrogens with one attached hydrogen (secondary N) is 7. The normalized spacial score (nSPS) is 32.1. The van der Waals surface area contributed by atoms with Crippen molar-refractivity contribution in [2.75, 3.05) is 13.7 Å². The first-order chi connectivity index (χ1) is 52.3. The van der Waals surface area contributed by atoms with Gasteiger partial charge in [0.15, 0.2) is 36.2 Å². The minimum Gasteiger partial charge on any atom is -0.508 e. The van der Waals surface area contributed by atoms with Gasteiger partial charge in [0.1, 0.15) is 89.5 Å². The van der Waals surface area contributed by atoms with Crippen LogP contribution in [0, 0.1) is 5.92 Å². The molecule has 8 aliphatic rings. The molecular formula is C73H88Cl2N10O26. The topological polar surface area (TPSA) is 575 Å². The molecule has 0 saturated carbocycles. The van der Waals surface area contributed by atoms with E-state index in [1.165, 1.54) is 65.1 Å². The quantitative estimate of drug-likeness (QED) is 0.0672. The third-order valence-corrected chi connectivity index (χ3v) is 20.7. The zero-order valence-electron chi connectivity index (χ0n) is 60.7. The number of ether oxygens (including phenoxy) is 8. The zero-order chi connectivity index (χ0) is 80.9. The summed E-state index contributed by atoms with van der Waals surface area (Å²) < 4.78 is 51.7. The van der Waals surface area contributed by atoms with Crippen molar-refractivity contribution < 1.29 is 127 Å². The highest BCUT2D eigenvalue weighted by molar-refractivity contribution is 6.32. The van der Waals surface area contributed by atoms with Crippen LogP contribution in [-0.2, 0) is 62.0 Å². The van der Waals surface area contributed by atoms with Crippen molar-refractivity contribution >= 4 is 70.5 Å². The molecule has 15 unspecified atom stereocenters. The number of benzene rings is 5. The van der Waals surface area contributed by atoms with Crippen LogP contribution in [0.5, 0.6) is 46.0 Å². The SMILES string of the molecule is CN[C@H](CC(C)C)C(=O)N[C@H]1C(=O)N[C@@H](CC(N)=O)C(=O)N[C@H]2C(=O)NC3C(=O)NC(C(=O)N[C@@H](C(=O)O)c4cc(O)cc(O)c4-c4cc3ccc4O)[C@H](OC3CC(C)(N)C(O)C(C)O3)c3ccc(c(Cl)c3)Oc3cc2cc(c3OC2OC(CO)C(O)C(O)C2OC2CC(C)(N)C(O)C(C)O2)Oc2ccc(cc2Cl)[C@H]1O. The number of carbonyl (C=O) groups excluding carboxylic acids is 7. The van der Waals surface area contributed by atoms with Crippen LogP contribution < -0.4 is 68.6 Å². The number of likely N-dealkylation sites (N-methyl/N-ethyl adjacent to an activating group) is 1. The number of aromatic hydroxyl groups is 3. The Morgan fingerprint density at radius 3 is 1.79 bits per heavy atom. The lowest BCUT2D eigenvalue weighted by Gasteiger charge is -2.47. The molecule has 5 aromatic rings. The van der Waals surface area contributed by atoms with Gasteiger partial charge < -0.3 is 143 Å². The Balaban J connectivity index is 1.19. The highest BCUT2D eigenvalue weighted by Gasteiger charge is 2.52. The van der Waals surface area contributed by atoms with Gasteiger partial charge in [-0.15, -0.1) is 0 Å². The molecule has 3 saturated heterocycles. The number of hydrogen-bond donors (Lipinski definition) is 20. The summed E-state index contributed by atoms with van der Waals surface area (Å²) in [4.78, 5) is 120. The zero-order valence-corrected chi connectivity index (χ0v) is 62.2. The van der Waals surface area contributed by atoms with Crippen LogP contribution in [0.4, 0.5) is 0 Å². The number of hydrogen-bond acceptors (Lipinski definition) is 28. The molecule has 0 aromatic heterocycles. The average Bonchev–Trinajstić information content (AvgIpc) is 0.763. The number of primary amides is 1. The molecule has 8 aliphatic heterocycles. The Labute approximate surface area is 643 Å². The molecule has 22 atom stereocenters. The van der Waals surface area contributed by atoms with Crippen molar-refractivity contribution in [2.45, 2.75) is 201 Å². The fraction of sp³-hybridized carbons (Fsp3) is 0.479. The minimum atomic E-state index is -2.38. The van der Waals surface area contributed by atoms with Crippen LogP contribution in [0.15, 0.2) is 78.9 Å². The summed E-state index contributed by atoms with van der Waals surface area (Å²) in [5.74, 6) is -16.1. The van der Waals surface area contributed by atoms with Gasteiger partial charge in [0, 0.05) is 46.7 Å². The van der Waals surface area contributed by atoms with E-state index in [0.29, 0.717) is 0 Å². The van der Waals surface area contributed by atoms with Crippen molar-refractivity contribution in [3.05, 3.63) is 117 Å². The number of nitrogens with two attached hydrogens (primary N) is 3. The molecule has 600 valence electrons. The van der Waals surface area contributed by atoms with Crippen LogP contribution in [0.2, 0.25) is 10.0 Å². The molecule has 0 radical (unpaired) electrons. The summed E-state index contributed by atoms with van der Waals surface area (Å²) in [6.45, 7) is 8.58. The molecule has 3 fully saturated rings. The smallest absolute Gasteiger partial charge is 0.330 e. The lowest BCUT2D eigenvalue weighted by molar-refractivity contribution is -0.333. The van der Waals surface area contributed by atoms with Crippen LogP contribution in [0.3, 0.4) is 0 Å². The number of halogens is 2. The summed E-state index contributed by atoms with van der Waals surface area (Å²) in [5.41, 5.74) is 13.3. The van der Waals surface area contributed by atoms with Gasteiger partial charge in [-0.1, -0.05) is 55.2 Å². The molecule has 36 nitrogen and oxygen atoms in total. The largest absolute Gasteiger partial charge is 0.508 e. The molecule has 7 amide bonds. The molecule has 13 rings (SSSR count). The Morgan fingerprint density at radius 2 is 1.23 bits per heavy atom. The van der Waals surface area contributed by atoms with Gasteiger partial charge in [-0.2, -0.15) is 0 Å². The Morgan fingerprint density at radius 1 is 0.658 bits per heavy atom. The molecule has 38 heteroatoms. The maximum Gasteiger partial charge on any atom is 0.330 e. The van der Waals surface area contributed by atoms with Crippen molar-refractivity contribution in [1.29, 1.82) is 0 Å². The van der Waals surface area contributed by atoms with Gasteiger partial charge >= 0.3 is 5.97 Å². The maximum atomic E-state index is 16.4. The van der Waals surface area contributed by atoms with E-state index in [9.17, 15) is 70.2 Å². The number of aliphatic carboxylic acids is 1. The first-order valence-electron chi connectivity index (χ1n) is 35.3. The second kappa shape index (κ2) is 33.2. The molecule has 11 bridgehead atoms. The van der Waals surface area contributed by atoms with E-state index in [4.69, 9.17) is 78.3 Å². The number of aliphatic hydroxyl groups excluding tert-OH is 6. The fourth-order valence-electron chi connectivity index (χ4n) is 14.3. The lowest BCUT2D eigenvalue weighted by Crippen LogP contribution is -2.64. The molecular weight excluding hydrogens is 1500 g/mol. The predicted octanol–water partition coefficient (Wildman–Crippen LogP) is 0.344. The van der Waals surface area contributed by atoms with Crippen molar-refractivity contribution in [1.82, 2.24) is 37.2 Å². The minimum absolute atomic E-state index is 0.110. The summed E-state index contributed by atoms with van der Waals surface area (Å²) in [5, 5.41) is 131. The van der Waals surface area contributed by atoms with Gasteiger partial charge in [0.2, 0.25) is 53.4 Å². The summed E-state index contributed by atoms with van der Waals surface area (Å²) in [7, 11) is 1.47. The number of carboxylic acid groups (broad SMARTS) is 1. The number of rotatable bonds is 15. The van der Waals surface area contributed by atoms with Crippen molar-refractivity contribution in [3.63, 3.8) is 0 Å². The number of carbonyl (C=O) groups is 8. The van der Waals surface area contributed by atoms with Gasteiger partial charge in [0.25, 0.3) is 0 Å². The van der Waals surface area contributed by atoms with Gasteiger partial charge in [-0.05, 0) is 124 Å². The standard InChI is InChI=1S/C73H88Cl2N10O26/c1-26(2)14-38(79-7)64(96)84-54-56(91)30-9-12-42(36(74)16-30)106-44-18-32-19-45(60(44)111-71-61(58(93)57(92)46(25-86)108-71)110-49-24-73(6,78)63(95)28(4)105-49)107-43-13-10-31(17-37(43)75)59(109-48-23-72(5,77)62(94)27(3)104-48)55-69(101)83-53(70(102)103)35-20-33(87)21-41(89)50(35)34-15-29(8-11-40(34)88)51(66(98)85-55)82-67(99)52(32)81-65(97)39(22-47(76)90)80-68(54)100/h8-13,15-21,26-28,38-39,46,48-49,51-59,61-63,71,79,86-89,91-95H,14,22-25,77-78H2,1-7H3,(H2,76,90)(H,80,100)(H,81,97)(H,82,99)(H,83,101)(H,84,96)(H,85,98)(H,102,103)/t27?,28?,38-,39+,46?,48?,49?,51?,52-,53-,54-,55?,56-,57?,58?,59-,61?,62?,63?,71?,72?,73?/m1/s1.